The number of amides is 2. The molecule has 6 heteroatoms. The van der Waals surface area contributed by atoms with Gasteiger partial charge in [0.15, 0.2) is 0 Å². The molecule has 0 saturated carbocycles. The lowest BCUT2D eigenvalue weighted by Gasteiger charge is -2.18. The van der Waals surface area contributed by atoms with Crippen LogP contribution < -0.4 is 10.6 Å². The van der Waals surface area contributed by atoms with E-state index in [0.717, 1.165) is 5.56 Å². The number of carbonyl (C=O) groups excluding carboxylic acids is 2. The van der Waals surface area contributed by atoms with Crippen LogP contribution in [0.3, 0.4) is 0 Å². The highest BCUT2D eigenvalue weighted by molar-refractivity contribution is 6.39. The van der Waals surface area contributed by atoms with Crippen LogP contribution in [0.4, 0.5) is 5.82 Å². The van der Waals surface area contributed by atoms with E-state index in [1.54, 1.807) is 18.2 Å². The first kappa shape index (κ1) is 16.6. The predicted octanol–water partition coefficient (Wildman–Crippen LogP) is 1.65. The van der Waals surface area contributed by atoms with Crippen LogP contribution in [-0.2, 0) is 9.59 Å². The van der Waals surface area contributed by atoms with Crippen molar-refractivity contribution in [2.75, 3.05) is 11.9 Å². The van der Waals surface area contributed by atoms with Gasteiger partial charge in [-0.1, -0.05) is 36.4 Å². The van der Waals surface area contributed by atoms with E-state index in [0.29, 0.717) is 18.7 Å². The highest BCUT2D eigenvalue weighted by atomic mass is 16.3. The molecule has 2 aromatic rings. The zero-order valence-electron chi connectivity index (χ0n) is 12.6. The largest absolute Gasteiger partial charge is 0.396 e. The third-order valence-corrected chi connectivity index (χ3v) is 3.27. The Bertz CT molecular complexity index is 632. The topological polar surface area (TPSA) is 91.3 Å². The number of aromatic nitrogens is 1. The first-order valence-electron chi connectivity index (χ1n) is 7.39. The Hall–Kier alpha value is -2.73. The minimum atomic E-state index is -0.770. The molecule has 2 rings (SSSR count). The Kier molecular flexibility index (Phi) is 6.26. The maximum Gasteiger partial charge on any atom is 0.314 e. The number of benzene rings is 1. The van der Waals surface area contributed by atoms with Crippen LogP contribution in [0, 0.1) is 0 Å². The summed E-state index contributed by atoms with van der Waals surface area (Å²) < 4.78 is 0. The summed E-state index contributed by atoms with van der Waals surface area (Å²) in [4.78, 5) is 28.0. The Balaban J connectivity index is 2.00. The van der Waals surface area contributed by atoms with E-state index in [-0.39, 0.29) is 12.6 Å². The lowest BCUT2D eigenvalue weighted by atomic mass is 10.0. The molecule has 2 amide bonds. The highest BCUT2D eigenvalue weighted by Crippen LogP contribution is 2.18. The second-order valence-electron chi connectivity index (χ2n) is 4.97. The maximum atomic E-state index is 12.1. The molecule has 0 bridgehead atoms. The van der Waals surface area contributed by atoms with E-state index >= 15 is 0 Å². The molecule has 0 aliphatic carbocycles. The van der Waals surface area contributed by atoms with Crippen LogP contribution in [0.2, 0.25) is 0 Å². The van der Waals surface area contributed by atoms with Crippen molar-refractivity contribution < 1.29 is 14.7 Å². The van der Waals surface area contributed by atoms with Crippen molar-refractivity contribution in [1.82, 2.24) is 10.3 Å². The van der Waals surface area contributed by atoms with E-state index < -0.39 is 11.8 Å². The zero-order chi connectivity index (χ0) is 16.5. The molecule has 0 unspecified atom stereocenters. The predicted molar refractivity (Wildman–Crippen MR) is 86.5 cm³/mol. The molecule has 1 heterocycles. The fraction of sp³-hybridized carbons (Fsp3) is 0.235. The second-order valence-corrected chi connectivity index (χ2v) is 4.97. The molecule has 0 fully saturated rings. The molecule has 1 atom stereocenters. The van der Waals surface area contributed by atoms with Gasteiger partial charge in [0, 0.05) is 12.8 Å². The van der Waals surface area contributed by atoms with Gasteiger partial charge in [0.25, 0.3) is 0 Å². The van der Waals surface area contributed by atoms with Gasteiger partial charge in [0.1, 0.15) is 5.82 Å². The van der Waals surface area contributed by atoms with E-state index in [1.807, 2.05) is 30.3 Å². The molecule has 1 aromatic heterocycles. The first-order chi connectivity index (χ1) is 11.2. The fourth-order valence-electron chi connectivity index (χ4n) is 2.14. The Labute approximate surface area is 134 Å². The van der Waals surface area contributed by atoms with Gasteiger partial charge < -0.3 is 15.7 Å². The van der Waals surface area contributed by atoms with Gasteiger partial charge in [-0.25, -0.2) is 4.98 Å². The van der Waals surface area contributed by atoms with Crippen LogP contribution in [0.1, 0.15) is 24.4 Å². The molecule has 0 saturated heterocycles. The van der Waals surface area contributed by atoms with Crippen molar-refractivity contribution in [2.24, 2.45) is 0 Å². The van der Waals surface area contributed by atoms with Gasteiger partial charge in [-0.15, -0.1) is 0 Å². The minimum absolute atomic E-state index is 0.0271. The average Bonchev–Trinajstić information content (AvgIpc) is 2.60. The number of aliphatic hydroxyl groups is 1. The van der Waals surface area contributed by atoms with Gasteiger partial charge in [0.2, 0.25) is 0 Å². The molecule has 3 N–H and O–H groups in total. The van der Waals surface area contributed by atoms with Gasteiger partial charge in [0.05, 0.1) is 6.04 Å². The lowest BCUT2D eigenvalue weighted by Crippen LogP contribution is -2.38. The van der Waals surface area contributed by atoms with Crippen LogP contribution in [0.25, 0.3) is 0 Å². The molecule has 0 radical (unpaired) electrons. The van der Waals surface area contributed by atoms with E-state index in [1.165, 1.54) is 6.20 Å². The van der Waals surface area contributed by atoms with Crippen LogP contribution in [0.5, 0.6) is 0 Å². The molecule has 6 nitrogen and oxygen atoms in total. The molecule has 0 aliphatic rings. The number of pyridine rings is 1. The van der Waals surface area contributed by atoms with Crippen LogP contribution >= 0.6 is 0 Å². The summed E-state index contributed by atoms with van der Waals surface area (Å²) >= 11 is 0. The van der Waals surface area contributed by atoms with E-state index in [4.69, 9.17) is 5.11 Å². The molecular weight excluding hydrogens is 294 g/mol. The number of rotatable bonds is 6. The molecule has 0 aliphatic heterocycles. The number of hydrogen-bond donors (Lipinski definition) is 3. The standard InChI is InChI=1S/C17H19N3O3/c21-12-6-9-14(13-7-2-1-3-8-13)19-16(22)17(23)20-15-10-4-5-11-18-15/h1-5,7-8,10-11,14,21H,6,9,12H2,(H,19,22)(H,18,20,23)/t14-/m1/s1. The van der Waals surface area contributed by atoms with Crippen molar-refractivity contribution in [3.63, 3.8) is 0 Å². The van der Waals surface area contributed by atoms with Crippen molar-refractivity contribution >= 4 is 17.6 Å². The number of aliphatic hydroxyl groups excluding tert-OH is 1. The van der Waals surface area contributed by atoms with E-state index in [9.17, 15) is 9.59 Å². The Morgan fingerprint density at radius 2 is 1.78 bits per heavy atom. The molecule has 23 heavy (non-hydrogen) atoms. The van der Waals surface area contributed by atoms with Gasteiger partial charge in [-0.3, -0.25) is 9.59 Å². The Morgan fingerprint density at radius 1 is 1.04 bits per heavy atom. The fourth-order valence-corrected chi connectivity index (χ4v) is 2.14. The summed E-state index contributed by atoms with van der Waals surface area (Å²) in [6.07, 6.45) is 2.60. The van der Waals surface area contributed by atoms with Gasteiger partial charge in [-0.2, -0.15) is 0 Å². The number of anilines is 1. The summed E-state index contributed by atoms with van der Waals surface area (Å²) in [7, 11) is 0. The van der Waals surface area contributed by atoms with Crippen LogP contribution in [0.15, 0.2) is 54.7 Å². The number of nitrogens with one attached hydrogen (secondary N) is 2. The Morgan fingerprint density at radius 3 is 2.43 bits per heavy atom. The van der Waals surface area contributed by atoms with Crippen LogP contribution in [-0.4, -0.2) is 28.5 Å². The van der Waals surface area contributed by atoms with Crippen molar-refractivity contribution in [3.05, 3.63) is 60.3 Å². The quantitative estimate of drug-likeness (QED) is 0.707. The van der Waals surface area contributed by atoms with Gasteiger partial charge >= 0.3 is 11.8 Å². The normalized spacial score (nSPS) is 11.5. The second kappa shape index (κ2) is 8.65. The summed E-state index contributed by atoms with van der Waals surface area (Å²) in [5.74, 6) is -1.18. The lowest BCUT2D eigenvalue weighted by molar-refractivity contribution is -0.136. The number of carbonyl (C=O) groups is 2. The summed E-state index contributed by atoms with van der Waals surface area (Å²) in [6, 6.07) is 14.1. The number of hydrogen-bond acceptors (Lipinski definition) is 4. The number of nitrogens with zero attached hydrogens (tertiary/aromatic N) is 1. The average molecular weight is 313 g/mol. The SMILES string of the molecule is O=C(Nc1ccccn1)C(=O)N[C@H](CCCO)c1ccccc1. The highest BCUT2D eigenvalue weighted by Gasteiger charge is 2.20. The molecule has 0 spiro atoms. The summed E-state index contributed by atoms with van der Waals surface area (Å²) in [5.41, 5.74) is 0.889. The third-order valence-electron chi connectivity index (χ3n) is 3.27. The van der Waals surface area contributed by atoms with Crippen molar-refractivity contribution in [2.45, 2.75) is 18.9 Å². The van der Waals surface area contributed by atoms with E-state index in [2.05, 4.69) is 15.6 Å². The zero-order valence-corrected chi connectivity index (χ0v) is 12.6. The minimum Gasteiger partial charge on any atom is -0.396 e. The maximum absolute atomic E-state index is 12.1. The van der Waals surface area contributed by atoms with Gasteiger partial charge in [-0.05, 0) is 30.5 Å². The summed E-state index contributed by atoms with van der Waals surface area (Å²) in [6.45, 7) is 0.0271. The first-order valence-corrected chi connectivity index (χ1v) is 7.39. The smallest absolute Gasteiger partial charge is 0.314 e. The summed E-state index contributed by atoms with van der Waals surface area (Å²) in [5, 5.41) is 14.1. The molecule has 1 aromatic carbocycles. The third kappa shape index (κ3) is 5.19. The monoisotopic (exact) mass is 313 g/mol. The molecular formula is C17H19N3O3. The molecule has 120 valence electrons. The van der Waals surface area contributed by atoms with Crippen molar-refractivity contribution in [1.29, 1.82) is 0 Å². The van der Waals surface area contributed by atoms with Crippen molar-refractivity contribution in [3.8, 4) is 0 Å².